The average Bonchev–Trinajstić information content (AvgIpc) is 2.40. The molecule has 0 spiro atoms. The molecule has 8 nitrogen and oxygen atoms in total. The molecule has 0 aromatic carbocycles. The van der Waals surface area contributed by atoms with Gasteiger partial charge in [0.15, 0.2) is 0 Å². The minimum absolute atomic E-state index is 0.00737. The van der Waals surface area contributed by atoms with E-state index in [1.807, 2.05) is 0 Å². The molecule has 0 N–H and O–H groups in total. The van der Waals surface area contributed by atoms with E-state index in [1.165, 1.54) is 13.8 Å². The van der Waals surface area contributed by atoms with Crippen molar-refractivity contribution >= 4 is 43.4 Å². The molecule has 0 rings (SSSR count). The Labute approximate surface area is 144 Å². The van der Waals surface area contributed by atoms with Crippen LogP contribution in [0.1, 0.15) is 52.4 Å². The number of hydrogen-bond acceptors (Lipinski definition) is 6. The van der Waals surface area contributed by atoms with E-state index in [9.17, 15) is 29.8 Å². The van der Waals surface area contributed by atoms with Crippen LogP contribution < -0.4 is 0 Å². The smallest absolute Gasteiger partial charge is 0.275 e. The van der Waals surface area contributed by atoms with Gasteiger partial charge in [0, 0.05) is 80.2 Å². The molecule has 0 fully saturated rings. The van der Waals surface area contributed by atoms with Gasteiger partial charge in [-0.3, -0.25) is 20.2 Å². The van der Waals surface area contributed by atoms with Crippen LogP contribution in [0.4, 0.5) is 0 Å². The number of alkyl halides is 2. The van der Waals surface area contributed by atoms with Gasteiger partial charge in [0.2, 0.25) is 0 Å². The maximum Gasteiger partial charge on any atom is 0.275 e. The number of carbonyl (C=O) groups excluding carboxylic acids is 2. The van der Waals surface area contributed by atoms with E-state index in [0.717, 1.165) is 0 Å². The summed E-state index contributed by atoms with van der Waals surface area (Å²) in [6.07, 6.45) is -0.374. The van der Waals surface area contributed by atoms with Gasteiger partial charge in [-0.25, -0.2) is 0 Å². The first-order chi connectivity index (χ1) is 9.93. The highest BCUT2D eigenvalue weighted by Crippen LogP contribution is 2.38. The third-order valence-electron chi connectivity index (χ3n) is 3.27. The van der Waals surface area contributed by atoms with Crippen molar-refractivity contribution in [2.75, 3.05) is 0 Å². The lowest BCUT2D eigenvalue weighted by Crippen LogP contribution is -2.38. The van der Waals surface area contributed by atoms with Crippen molar-refractivity contribution in [3.63, 3.8) is 0 Å². The largest absolute Gasteiger partial charge is 0.300 e. The van der Waals surface area contributed by atoms with Gasteiger partial charge < -0.3 is 9.59 Å². The molecule has 0 amide bonds. The third kappa shape index (κ3) is 6.91. The Balaban J connectivity index is 4.97. The van der Waals surface area contributed by atoms with Gasteiger partial charge in [0.1, 0.15) is 11.6 Å². The topological polar surface area (TPSA) is 120 Å². The zero-order valence-corrected chi connectivity index (χ0v) is 15.5. The highest BCUT2D eigenvalue weighted by atomic mass is 79.9. The van der Waals surface area contributed by atoms with Gasteiger partial charge in [-0.2, -0.15) is 0 Å². The summed E-state index contributed by atoms with van der Waals surface area (Å²) >= 11 is 6.00. The minimum Gasteiger partial charge on any atom is -0.300 e. The zero-order valence-electron chi connectivity index (χ0n) is 12.3. The molecule has 0 aliphatic carbocycles. The third-order valence-corrected chi connectivity index (χ3v) is 5.43. The van der Waals surface area contributed by atoms with E-state index < -0.39 is 18.7 Å². The van der Waals surface area contributed by atoms with Gasteiger partial charge >= 0.3 is 0 Å². The summed E-state index contributed by atoms with van der Waals surface area (Å²) in [6.45, 7) is 2.65. The molecule has 22 heavy (non-hydrogen) atoms. The molecule has 2 atom stereocenters. The van der Waals surface area contributed by atoms with Crippen molar-refractivity contribution in [3.05, 3.63) is 20.2 Å². The number of Topliss-reactive ketones (excluding diaryl/α,β-unsaturated/α-hetero) is 2. The molecule has 0 unspecified atom stereocenters. The average molecular weight is 446 g/mol. The summed E-state index contributed by atoms with van der Waals surface area (Å²) in [5, 5.41) is 22.4. The Morgan fingerprint density at radius 2 is 1.09 bits per heavy atom. The minimum atomic E-state index is -1.59. The summed E-state index contributed by atoms with van der Waals surface area (Å²) in [4.78, 5) is 43.2. The second kappa shape index (κ2) is 8.66. The normalized spacial score (nSPS) is 16.4. The molecule has 0 bridgehead atoms. The molecule has 0 aliphatic rings. The standard InChI is InChI=1S/C12H18Br2N2O6/c1-9(17)3-5-11(13,15(19)20)7-8-12(14,16(21)22)6-4-10(2)18/h3-8H2,1-2H3/t11-,12+. The van der Waals surface area contributed by atoms with Crippen LogP contribution in [-0.2, 0) is 9.59 Å². The van der Waals surface area contributed by atoms with E-state index >= 15 is 0 Å². The number of nitro groups is 2. The molecule has 0 saturated carbocycles. The Morgan fingerprint density at radius 3 is 1.27 bits per heavy atom. The maximum absolute atomic E-state index is 11.2. The molecule has 0 aromatic heterocycles. The number of hydrogen-bond donors (Lipinski definition) is 0. The number of ketones is 2. The van der Waals surface area contributed by atoms with Gasteiger partial charge in [0.25, 0.3) is 8.90 Å². The van der Waals surface area contributed by atoms with Crippen molar-refractivity contribution in [3.8, 4) is 0 Å². The van der Waals surface area contributed by atoms with Crippen LogP contribution in [0.5, 0.6) is 0 Å². The van der Waals surface area contributed by atoms with E-state index in [1.54, 1.807) is 0 Å². The number of halogens is 2. The zero-order chi connectivity index (χ0) is 17.6. The highest BCUT2D eigenvalue weighted by Gasteiger charge is 2.47. The quantitative estimate of drug-likeness (QED) is 0.208. The lowest BCUT2D eigenvalue weighted by atomic mass is 9.98. The molecule has 0 aromatic rings. The Morgan fingerprint density at radius 1 is 0.818 bits per heavy atom. The van der Waals surface area contributed by atoms with Crippen LogP contribution in [0.2, 0.25) is 0 Å². The predicted octanol–water partition coefficient (Wildman–Crippen LogP) is 3.24. The fourth-order valence-electron chi connectivity index (χ4n) is 1.73. The van der Waals surface area contributed by atoms with E-state index in [0.29, 0.717) is 0 Å². The maximum atomic E-state index is 11.2. The van der Waals surface area contributed by atoms with Gasteiger partial charge in [-0.1, -0.05) is 0 Å². The lowest BCUT2D eigenvalue weighted by Gasteiger charge is -2.23. The van der Waals surface area contributed by atoms with Gasteiger partial charge in [0.05, 0.1) is 0 Å². The Hall–Kier alpha value is -0.900. The van der Waals surface area contributed by atoms with Crippen LogP contribution in [0.15, 0.2) is 0 Å². The molecule has 0 heterocycles. The Bertz CT molecular complexity index is 431. The van der Waals surface area contributed by atoms with Crippen LogP contribution in [0.3, 0.4) is 0 Å². The monoisotopic (exact) mass is 444 g/mol. The number of rotatable bonds is 11. The summed E-state index contributed by atoms with van der Waals surface area (Å²) in [6, 6.07) is 0. The fraction of sp³-hybridized carbons (Fsp3) is 0.833. The van der Waals surface area contributed by atoms with Gasteiger partial charge in [-0.05, 0) is 13.8 Å². The Kier molecular flexibility index (Phi) is 8.30. The first-order valence-corrected chi connectivity index (χ1v) is 8.17. The summed E-state index contributed by atoms with van der Waals surface area (Å²) in [7, 11) is 0. The molecule has 0 saturated heterocycles. The SMILES string of the molecule is CC(=O)CC[C@@](Br)(CC[C@@](Br)(CCC(C)=O)[N+](=O)[O-])[N+](=O)[O-]. The van der Waals surface area contributed by atoms with E-state index in [2.05, 4.69) is 31.9 Å². The first-order valence-electron chi connectivity index (χ1n) is 6.59. The lowest BCUT2D eigenvalue weighted by molar-refractivity contribution is -0.552. The van der Waals surface area contributed by atoms with Gasteiger partial charge in [-0.15, -0.1) is 0 Å². The first kappa shape index (κ1) is 21.1. The van der Waals surface area contributed by atoms with E-state index in [4.69, 9.17) is 0 Å². The molecule has 0 aliphatic heterocycles. The second-order valence-electron chi connectivity index (χ2n) is 5.25. The van der Waals surface area contributed by atoms with Crippen molar-refractivity contribution in [2.45, 2.75) is 61.3 Å². The number of carbonyl (C=O) groups is 2. The van der Waals surface area contributed by atoms with Crippen LogP contribution in [-0.4, -0.2) is 30.3 Å². The summed E-state index contributed by atoms with van der Waals surface area (Å²) in [5.41, 5.74) is 0. The molecule has 126 valence electrons. The second-order valence-corrected chi connectivity index (χ2v) is 8.21. The molecular formula is C12H18Br2N2O6. The van der Waals surface area contributed by atoms with Crippen molar-refractivity contribution < 1.29 is 19.4 Å². The fourth-order valence-corrected chi connectivity index (χ4v) is 2.53. The highest BCUT2D eigenvalue weighted by molar-refractivity contribution is 9.10. The van der Waals surface area contributed by atoms with Crippen molar-refractivity contribution in [1.29, 1.82) is 0 Å². The number of nitrogens with zero attached hydrogens (tertiary/aromatic N) is 2. The molecule has 0 radical (unpaired) electrons. The summed E-state index contributed by atoms with van der Waals surface area (Å²) < 4.78 is -3.19. The van der Waals surface area contributed by atoms with E-state index in [-0.39, 0.29) is 50.1 Å². The molecule has 10 heteroatoms. The van der Waals surface area contributed by atoms with Crippen molar-refractivity contribution in [2.24, 2.45) is 0 Å². The predicted molar refractivity (Wildman–Crippen MR) is 86.4 cm³/mol. The summed E-state index contributed by atoms with van der Waals surface area (Å²) in [5.74, 6) is -0.386. The molecular weight excluding hydrogens is 428 g/mol. The van der Waals surface area contributed by atoms with Crippen LogP contribution in [0.25, 0.3) is 0 Å². The van der Waals surface area contributed by atoms with Crippen LogP contribution >= 0.6 is 31.9 Å². The van der Waals surface area contributed by atoms with Crippen molar-refractivity contribution in [1.82, 2.24) is 0 Å². The van der Waals surface area contributed by atoms with Crippen LogP contribution in [0, 0.1) is 20.2 Å².